The van der Waals surface area contributed by atoms with Gasteiger partial charge in [-0.3, -0.25) is 9.59 Å². The molecule has 1 aromatic heterocycles. The Balaban J connectivity index is 1.37. The average molecular weight is 438 g/mol. The predicted molar refractivity (Wildman–Crippen MR) is 125 cm³/mol. The third-order valence-electron chi connectivity index (χ3n) is 7.10. The fourth-order valence-corrected chi connectivity index (χ4v) is 5.24. The first-order chi connectivity index (χ1) is 15.5. The number of ether oxygens (including phenoxy) is 1. The number of benzene rings is 1. The van der Waals surface area contributed by atoms with Crippen LogP contribution >= 0.6 is 0 Å². The van der Waals surface area contributed by atoms with Crippen LogP contribution in [0.15, 0.2) is 30.3 Å². The van der Waals surface area contributed by atoms with Gasteiger partial charge < -0.3 is 19.5 Å². The van der Waals surface area contributed by atoms with Crippen LogP contribution in [0.2, 0.25) is 0 Å². The molecule has 0 unspecified atom stereocenters. The van der Waals surface area contributed by atoms with Crippen LogP contribution < -0.4 is 10.1 Å². The second-order valence-corrected chi connectivity index (χ2v) is 9.23. The zero-order valence-corrected chi connectivity index (χ0v) is 19.5. The van der Waals surface area contributed by atoms with Gasteiger partial charge in [0.05, 0.1) is 12.7 Å². The van der Waals surface area contributed by atoms with Gasteiger partial charge in [-0.05, 0) is 69.9 Å². The predicted octanol–water partition coefficient (Wildman–Crippen LogP) is 4.40. The van der Waals surface area contributed by atoms with Crippen molar-refractivity contribution < 1.29 is 14.3 Å². The lowest BCUT2D eigenvalue weighted by Gasteiger charge is -2.35. The van der Waals surface area contributed by atoms with Gasteiger partial charge in [0.15, 0.2) is 0 Å². The van der Waals surface area contributed by atoms with E-state index in [4.69, 9.17) is 4.74 Å². The minimum atomic E-state index is -0.0325. The van der Waals surface area contributed by atoms with Gasteiger partial charge in [-0.25, -0.2) is 0 Å². The van der Waals surface area contributed by atoms with Crippen LogP contribution in [0, 0.1) is 19.8 Å². The molecule has 4 rings (SSSR count). The standard InChI is InChI=1S/C26H35N3O3/c1-18-17-24(19(2)29(18)22-9-11-23(32-3)12-10-22)25(30)27-21-13-15-28(16-14-21)26(31)20-7-5-4-6-8-20/h9-12,17,20-21H,4-8,13-16H2,1-3H3,(H,27,30). The number of likely N-dealkylation sites (tertiary alicyclic amines) is 1. The van der Waals surface area contributed by atoms with Crippen molar-refractivity contribution in [2.75, 3.05) is 20.2 Å². The molecule has 1 saturated heterocycles. The van der Waals surface area contributed by atoms with Gasteiger partial charge in [-0.15, -0.1) is 0 Å². The number of aromatic nitrogens is 1. The molecule has 32 heavy (non-hydrogen) atoms. The number of amides is 2. The number of nitrogens with zero attached hydrogens (tertiary/aromatic N) is 2. The van der Waals surface area contributed by atoms with Gasteiger partial charge in [-0.1, -0.05) is 19.3 Å². The highest BCUT2D eigenvalue weighted by atomic mass is 16.5. The van der Waals surface area contributed by atoms with Crippen LogP contribution in [-0.2, 0) is 4.79 Å². The number of aryl methyl sites for hydroxylation is 1. The smallest absolute Gasteiger partial charge is 0.253 e. The Labute approximate surface area is 190 Å². The van der Waals surface area contributed by atoms with Crippen LogP contribution in [0.25, 0.3) is 5.69 Å². The van der Waals surface area contributed by atoms with Crippen molar-refractivity contribution in [3.05, 3.63) is 47.3 Å². The highest BCUT2D eigenvalue weighted by Gasteiger charge is 2.30. The summed E-state index contributed by atoms with van der Waals surface area (Å²) in [4.78, 5) is 27.9. The normalized spacial score (nSPS) is 17.9. The van der Waals surface area contributed by atoms with Gasteiger partial charge in [0.25, 0.3) is 5.91 Å². The van der Waals surface area contributed by atoms with Crippen molar-refractivity contribution in [1.29, 1.82) is 0 Å². The van der Waals surface area contributed by atoms with Crippen molar-refractivity contribution in [1.82, 2.24) is 14.8 Å². The summed E-state index contributed by atoms with van der Waals surface area (Å²) in [5, 5.41) is 3.22. The lowest BCUT2D eigenvalue weighted by molar-refractivity contribution is -0.137. The molecule has 2 heterocycles. The van der Waals surface area contributed by atoms with Crippen molar-refractivity contribution in [3.8, 4) is 11.4 Å². The van der Waals surface area contributed by atoms with Crippen molar-refractivity contribution in [2.45, 2.75) is 64.8 Å². The summed E-state index contributed by atoms with van der Waals surface area (Å²) in [5.74, 6) is 1.33. The summed E-state index contributed by atoms with van der Waals surface area (Å²) in [6.45, 7) is 5.48. The number of carbonyl (C=O) groups is 2. The largest absolute Gasteiger partial charge is 0.497 e. The summed E-state index contributed by atoms with van der Waals surface area (Å²) in [6.07, 6.45) is 7.34. The van der Waals surface area contributed by atoms with Crippen molar-refractivity contribution >= 4 is 11.8 Å². The Morgan fingerprint density at radius 1 is 0.969 bits per heavy atom. The molecule has 1 aliphatic carbocycles. The second-order valence-electron chi connectivity index (χ2n) is 9.23. The van der Waals surface area contributed by atoms with Gasteiger partial charge in [0.2, 0.25) is 5.91 Å². The molecular formula is C26H35N3O3. The van der Waals surface area contributed by atoms with E-state index in [2.05, 4.69) is 9.88 Å². The minimum Gasteiger partial charge on any atom is -0.497 e. The van der Waals surface area contributed by atoms with E-state index in [1.165, 1.54) is 19.3 Å². The number of hydrogen-bond donors (Lipinski definition) is 1. The first-order valence-corrected chi connectivity index (χ1v) is 11.9. The third kappa shape index (κ3) is 4.69. The van der Waals surface area contributed by atoms with E-state index in [-0.39, 0.29) is 17.9 Å². The maximum atomic E-state index is 13.1. The van der Waals surface area contributed by atoms with Crippen LogP contribution in [-0.4, -0.2) is 47.5 Å². The van der Waals surface area contributed by atoms with Gasteiger partial charge >= 0.3 is 0 Å². The molecule has 2 fully saturated rings. The number of rotatable bonds is 5. The molecule has 2 aliphatic rings. The number of nitrogens with one attached hydrogen (secondary N) is 1. The molecule has 1 aromatic carbocycles. The Bertz CT molecular complexity index is 949. The number of hydrogen-bond acceptors (Lipinski definition) is 3. The molecule has 1 aliphatic heterocycles. The molecule has 0 bridgehead atoms. The summed E-state index contributed by atoms with van der Waals surface area (Å²) in [6, 6.07) is 9.92. The first-order valence-electron chi connectivity index (χ1n) is 11.9. The quantitative estimate of drug-likeness (QED) is 0.754. The summed E-state index contributed by atoms with van der Waals surface area (Å²) < 4.78 is 7.35. The van der Waals surface area contributed by atoms with E-state index in [0.717, 1.165) is 61.6 Å². The van der Waals surface area contributed by atoms with E-state index in [1.54, 1.807) is 7.11 Å². The van der Waals surface area contributed by atoms with Crippen LogP contribution in [0.3, 0.4) is 0 Å². The highest BCUT2D eigenvalue weighted by molar-refractivity contribution is 5.96. The molecule has 2 amide bonds. The zero-order valence-electron chi connectivity index (χ0n) is 19.5. The topological polar surface area (TPSA) is 63.6 Å². The fraction of sp³-hybridized carbons (Fsp3) is 0.538. The summed E-state index contributed by atoms with van der Waals surface area (Å²) in [7, 11) is 1.65. The second kappa shape index (κ2) is 9.80. The molecule has 1 N–H and O–H groups in total. The van der Waals surface area contributed by atoms with Crippen molar-refractivity contribution in [3.63, 3.8) is 0 Å². The minimum absolute atomic E-state index is 0.0325. The number of piperidine rings is 1. The molecule has 6 nitrogen and oxygen atoms in total. The van der Waals surface area contributed by atoms with Crippen LogP contribution in [0.1, 0.15) is 66.7 Å². The van der Waals surface area contributed by atoms with Gasteiger partial charge in [0, 0.05) is 42.1 Å². The van der Waals surface area contributed by atoms with E-state index in [0.29, 0.717) is 11.5 Å². The first kappa shape index (κ1) is 22.4. The van der Waals surface area contributed by atoms with Crippen LogP contribution in [0.4, 0.5) is 0 Å². The molecule has 0 radical (unpaired) electrons. The van der Waals surface area contributed by atoms with Gasteiger partial charge in [-0.2, -0.15) is 0 Å². The average Bonchev–Trinajstić information content (AvgIpc) is 3.13. The maximum Gasteiger partial charge on any atom is 0.253 e. The van der Waals surface area contributed by atoms with Crippen molar-refractivity contribution in [2.24, 2.45) is 5.92 Å². The lowest BCUT2D eigenvalue weighted by atomic mass is 9.87. The Morgan fingerprint density at radius 2 is 1.62 bits per heavy atom. The SMILES string of the molecule is COc1ccc(-n2c(C)cc(C(=O)NC3CCN(C(=O)C4CCCCC4)CC3)c2C)cc1. The Hall–Kier alpha value is -2.76. The Morgan fingerprint density at radius 3 is 2.25 bits per heavy atom. The fourth-order valence-electron chi connectivity index (χ4n) is 5.24. The molecule has 6 heteroatoms. The molecule has 0 spiro atoms. The van der Waals surface area contributed by atoms with E-state index in [9.17, 15) is 9.59 Å². The third-order valence-corrected chi connectivity index (χ3v) is 7.10. The number of carbonyl (C=O) groups excluding carboxylic acids is 2. The highest BCUT2D eigenvalue weighted by Crippen LogP contribution is 2.27. The molecule has 0 atom stereocenters. The zero-order chi connectivity index (χ0) is 22.7. The van der Waals surface area contributed by atoms with E-state index in [1.807, 2.05) is 49.1 Å². The Kier molecular flexibility index (Phi) is 6.87. The van der Waals surface area contributed by atoms with Crippen LogP contribution in [0.5, 0.6) is 5.75 Å². The van der Waals surface area contributed by atoms with E-state index < -0.39 is 0 Å². The maximum absolute atomic E-state index is 13.1. The summed E-state index contributed by atoms with van der Waals surface area (Å²) in [5.41, 5.74) is 3.66. The molecule has 1 saturated carbocycles. The molecule has 172 valence electrons. The lowest BCUT2D eigenvalue weighted by Crippen LogP contribution is -2.48. The van der Waals surface area contributed by atoms with E-state index >= 15 is 0 Å². The monoisotopic (exact) mass is 437 g/mol. The van der Waals surface area contributed by atoms with Gasteiger partial charge in [0.1, 0.15) is 5.75 Å². The summed E-state index contributed by atoms with van der Waals surface area (Å²) >= 11 is 0. The molecular weight excluding hydrogens is 402 g/mol. The number of methoxy groups -OCH3 is 1. The molecule has 2 aromatic rings.